The molecule has 1 N–H and O–H groups in total. The molecule has 7 heteroatoms. The highest BCUT2D eigenvalue weighted by Crippen LogP contribution is 2.19. The van der Waals surface area contributed by atoms with E-state index in [1.54, 1.807) is 9.58 Å². The van der Waals surface area contributed by atoms with Crippen molar-refractivity contribution in [2.24, 2.45) is 7.05 Å². The molecular weight excluding hydrogens is 332 g/mol. The minimum Gasteiger partial charge on any atom is -0.366 e. The second-order valence-electron chi connectivity index (χ2n) is 6.59. The molecule has 3 rings (SSSR count). The van der Waals surface area contributed by atoms with Crippen molar-refractivity contribution in [1.29, 1.82) is 0 Å². The lowest BCUT2D eigenvalue weighted by molar-refractivity contribution is -0.163. The smallest absolute Gasteiger partial charge is 0.249 e. The third kappa shape index (κ3) is 3.94. The average Bonchev–Trinajstić information content (AvgIpc) is 2.94. The summed E-state index contributed by atoms with van der Waals surface area (Å²) in [5.41, 5.74) is 2.78. The Morgan fingerprint density at radius 2 is 2.08 bits per heavy atom. The summed E-state index contributed by atoms with van der Waals surface area (Å²) in [6.07, 6.45) is -0.371. The van der Waals surface area contributed by atoms with Crippen molar-refractivity contribution in [2.45, 2.75) is 39.1 Å². The van der Waals surface area contributed by atoms with Gasteiger partial charge in [0.05, 0.1) is 24.0 Å². The van der Waals surface area contributed by atoms with E-state index in [1.807, 2.05) is 57.3 Å². The summed E-state index contributed by atoms with van der Waals surface area (Å²) >= 11 is 0. The first-order valence-electron chi connectivity index (χ1n) is 8.68. The van der Waals surface area contributed by atoms with E-state index in [-0.39, 0.29) is 24.5 Å². The van der Waals surface area contributed by atoms with Gasteiger partial charge in [-0.3, -0.25) is 14.3 Å². The fourth-order valence-corrected chi connectivity index (χ4v) is 3.22. The lowest BCUT2D eigenvalue weighted by atomic mass is 10.1. The molecule has 2 heterocycles. The molecule has 2 amide bonds. The van der Waals surface area contributed by atoms with E-state index in [9.17, 15) is 9.59 Å². The van der Waals surface area contributed by atoms with Crippen LogP contribution in [0.1, 0.15) is 23.9 Å². The van der Waals surface area contributed by atoms with Crippen LogP contribution in [-0.4, -0.2) is 45.2 Å². The Morgan fingerprint density at radius 3 is 2.73 bits per heavy atom. The lowest BCUT2D eigenvalue weighted by Gasteiger charge is -2.38. The van der Waals surface area contributed by atoms with Crippen molar-refractivity contribution in [3.05, 3.63) is 53.3 Å². The van der Waals surface area contributed by atoms with E-state index in [1.165, 1.54) is 0 Å². The maximum absolute atomic E-state index is 12.8. The fourth-order valence-electron chi connectivity index (χ4n) is 3.22. The van der Waals surface area contributed by atoms with Gasteiger partial charge in [0.25, 0.3) is 0 Å². The Bertz CT molecular complexity index is 787. The Hall–Kier alpha value is -2.67. The van der Waals surface area contributed by atoms with Gasteiger partial charge in [-0.25, -0.2) is 0 Å². The highest BCUT2D eigenvalue weighted by atomic mass is 16.5. The highest BCUT2D eigenvalue weighted by Gasteiger charge is 2.39. The molecule has 1 aliphatic rings. The first-order valence-corrected chi connectivity index (χ1v) is 8.68. The minimum atomic E-state index is -0.661. The molecule has 1 aliphatic heterocycles. The third-order valence-corrected chi connectivity index (χ3v) is 4.58. The van der Waals surface area contributed by atoms with Gasteiger partial charge in [-0.15, -0.1) is 0 Å². The number of hydrogen-bond donors (Lipinski definition) is 1. The summed E-state index contributed by atoms with van der Waals surface area (Å²) in [7, 11) is 1.84. The largest absolute Gasteiger partial charge is 0.366 e. The van der Waals surface area contributed by atoms with Crippen molar-refractivity contribution >= 4 is 11.8 Å². The van der Waals surface area contributed by atoms with E-state index < -0.39 is 6.04 Å². The molecule has 0 aliphatic carbocycles. The molecule has 1 aromatic heterocycles. The van der Waals surface area contributed by atoms with Crippen molar-refractivity contribution in [1.82, 2.24) is 20.0 Å². The van der Waals surface area contributed by atoms with Gasteiger partial charge in [0, 0.05) is 13.6 Å². The number of morpholine rings is 1. The van der Waals surface area contributed by atoms with Crippen LogP contribution in [0.4, 0.5) is 0 Å². The molecule has 0 saturated carbocycles. The van der Waals surface area contributed by atoms with Crippen LogP contribution in [0.2, 0.25) is 0 Å². The first-order chi connectivity index (χ1) is 12.5. The van der Waals surface area contributed by atoms with Crippen molar-refractivity contribution in [3.63, 3.8) is 0 Å². The number of ether oxygens (including phenoxy) is 1. The van der Waals surface area contributed by atoms with E-state index >= 15 is 0 Å². The van der Waals surface area contributed by atoms with Crippen LogP contribution in [0.5, 0.6) is 0 Å². The summed E-state index contributed by atoms with van der Waals surface area (Å²) in [6.45, 7) is 4.47. The number of aryl methyl sites for hydroxylation is 2. The van der Waals surface area contributed by atoms with Crippen LogP contribution in [0.25, 0.3) is 0 Å². The van der Waals surface area contributed by atoms with Gasteiger partial charge >= 0.3 is 0 Å². The summed E-state index contributed by atoms with van der Waals surface area (Å²) in [5.74, 6) is -0.399. The molecule has 0 spiro atoms. The minimum absolute atomic E-state index is 0.00128. The van der Waals surface area contributed by atoms with E-state index in [0.29, 0.717) is 13.1 Å². The predicted molar refractivity (Wildman–Crippen MR) is 96.0 cm³/mol. The van der Waals surface area contributed by atoms with Gasteiger partial charge in [-0.1, -0.05) is 30.3 Å². The molecule has 0 unspecified atom stereocenters. The van der Waals surface area contributed by atoms with Crippen molar-refractivity contribution in [3.8, 4) is 0 Å². The number of aromatic nitrogens is 2. The highest BCUT2D eigenvalue weighted by molar-refractivity contribution is 5.89. The number of rotatable bonds is 5. The van der Waals surface area contributed by atoms with E-state index in [2.05, 4.69) is 10.4 Å². The molecule has 0 radical (unpaired) electrons. The van der Waals surface area contributed by atoms with Gasteiger partial charge in [-0.2, -0.15) is 5.10 Å². The quantitative estimate of drug-likeness (QED) is 0.872. The molecule has 26 heavy (non-hydrogen) atoms. The molecule has 2 aromatic rings. The van der Waals surface area contributed by atoms with E-state index in [4.69, 9.17) is 4.74 Å². The standard InChI is InChI=1S/C19H24N4O3/c1-13-9-16(22(3)21-13)10-20-19(25)18-14(2)26-12-17(24)23(18)11-15-7-5-4-6-8-15/h4-9,14,18H,10-12H2,1-3H3,(H,20,25)/t14-,18+/m1/s1. The SMILES string of the molecule is Cc1cc(CNC(=O)[C@@H]2[C@@H](C)OCC(=O)N2Cc2ccccc2)n(C)n1. The zero-order valence-corrected chi connectivity index (χ0v) is 15.3. The number of nitrogens with one attached hydrogen (secondary N) is 1. The van der Waals surface area contributed by atoms with Gasteiger partial charge in [0.1, 0.15) is 12.6 Å². The van der Waals surface area contributed by atoms with Crippen LogP contribution in [0.15, 0.2) is 36.4 Å². The molecule has 138 valence electrons. The number of carbonyl (C=O) groups excluding carboxylic acids is 2. The van der Waals surface area contributed by atoms with Gasteiger partial charge in [0.15, 0.2) is 0 Å². The van der Waals surface area contributed by atoms with Gasteiger partial charge in [-0.05, 0) is 25.5 Å². The number of benzene rings is 1. The second-order valence-corrected chi connectivity index (χ2v) is 6.59. The van der Waals surface area contributed by atoms with Crippen LogP contribution < -0.4 is 5.32 Å². The molecule has 0 bridgehead atoms. The van der Waals surface area contributed by atoms with Crippen LogP contribution in [0, 0.1) is 6.92 Å². The summed E-state index contributed by atoms with van der Waals surface area (Å²) in [4.78, 5) is 26.8. The van der Waals surface area contributed by atoms with Crippen LogP contribution in [-0.2, 0) is 34.5 Å². The third-order valence-electron chi connectivity index (χ3n) is 4.58. The van der Waals surface area contributed by atoms with Crippen molar-refractivity contribution < 1.29 is 14.3 Å². The van der Waals surface area contributed by atoms with Crippen LogP contribution in [0.3, 0.4) is 0 Å². The number of carbonyl (C=O) groups is 2. The van der Waals surface area contributed by atoms with Crippen LogP contribution >= 0.6 is 0 Å². The molecule has 1 aromatic carbocycles. The monoisotopic (exact) mass is 356 g/mol. The molecular formula is C19H24N4O3. The topological polar surface area (TPSA) is 76.5 Å². The maximum Gasteiger partial charge on any atom is 0.249 e. The Labute approximate surface area is 152 Å². The van der Waals surface area contributed by atoms with Crippen molar-refractivity contribution in [2.75, 3.05) is 6.61 Å². The Morgan fingerprint density at radius 1 is 1.35 bits per heavy atom. The number of nitrogens with zero attached hydrogens (tertiary/aromatic N) is 3. The fraction of sp³-hybridized carbons (Fsp3) is 0.421. The molecule has 7 nitrogen and oxygen atoms in total. The molecule has 1 saturated heterocycles. The Balaban J connectivity index is 1.73. The molecule has 2 atom stereocenters. The zero-order valence-electron chi connectivity index (χ0n) is 15.3. The Kier molecular flexibility index (Phi) is 5.37. The summed E-state index contributed by atoms with van der Waals surface area (Å²) in [5, 5.41) is 7.19. The first kappa shape index (κ1) is 18.1. The summed E-state index contributed by atoms with van der Waals surface area (Å²) < 4.78 is 7.24. The van der Waals surface area contributed by atoms with E-state index in [0.717, 1.165) is 17.0 Å². The average molecular weight is 356 g/mol. The maximum atomic E-state index is 12.8. The number of amides is 2. The normalized spacial score (nSPS) is 20.3. The summed E-state index contributed by atoms with van der Waals surface area (Å²) in [6, 6.07) is 10.9. The van der Waals surface area contributed by atoms with Gasteiger partial charge < -0.3 is 15.0 Å². The number of hydrogen-bond acceptors (Lipinski definition) is 4. The van der Waals surface area contributed by atoms with Gasteiger partial charge in [0.2, 0.25) is 11.8 Å². The zero-order chi connectivity index (χ0) is 18.7. The molecule has 1 fully saturated rings. The second kappa shape index (κ2) is 7.70. The lowest BCUT2D eigenvalue weighted by Crippen LogP contribution is -2.59. The predicted octanol–water partition coefficient (Wildman–Crippen LogP) is 1.16.